The highest BCUT2D eigenvalue weighted by Crippen LogP contribution is 2.21. The molecule has 0 saturated carbocycles. The lowest BCUT2D eigenvalue weighted by molar-refractivity contribution is 0.375. The zero-order valence-corrected chi connectivity index (χ0v) is 10.2. The summed E-state index contributed by atoms with van der Waals surface area (Å²) >= 11 is 0. The van der Waals surface area contributed by atoms with Gasteiger partial charge in [-0.2, -0.15) is 0 Å². The van der Waals surface area contributed by atoms with Crippen molar-refractivity contribution in [3.05, 3.63) is 34.6 Å². The molecule has 1 aliphatic heterocycles. The van der Waals surface area contributed by atoms with Gasteiger partial charge in [-0.25, -0.2) is 8.78 Å². The lowest BCUT2D eigenvalue weighted by atomic mass is 9.91. The van der Waals surface area contributed by atoms with E-state index in [0.29, 0.717) is 5.92 Å². The molecular formula is C14H19F2N. The van der Waals surface area contributed by atoms with Gasteiger partial charge in [-0.1, -0.05) is 6.07 Å². The summed E-state index contributed by atoms with van der Waals surface area (Å²) in [5.74, 6) is 0.185. The third kappa shape index (κ3) is 3.03. The molecule has 1 aromatic carbocycles. The molecular weight excluding hydrogens is 220 g/mol. The fourth-order valence-electron chi connectivity index (χ4n) is 2.56. The first-order valence-electron chi connectivity index (χ1n) is 6.25. The summed E-state index contributed by atoms with van der Waals surface area (Å²) in [6.07, 6.45) is 3.27. The van der Waals surface area contributed by atoms with Gasteiger partial charge < -0.3 is 5.32 Å². The molecule has 1 aromatic rings. The number of halogens is 2. The van der Waals surface area contributed by atoms with Crippen molar-refractivity contribution in [2.24, 2.45) is 5.92 Å². The van der Waals surface area contributed by atoms with Crippen LogP contribution >= 0.6 is 0 Å². The number of alkyl halides is 1. The Balaban J connectivity index is 2.10. The standard InChI is InChI=1S/C14H19F2N/c1-10-5-12(7-14(16)13(10)8-15)6-11-3-2-4-17-9-11/h5,7,11,17H,2-4,6,8-9H2,1H3. The Hall–Kier alpha value is -0.960. The van der Waals surface area contributed by atoms with Crippen LogP contribution in [0.1, 0.15) is 29.5 Å². The topological polar surface area (TPSA) is 12.0 Å². The second-order valence-electron chi connectivity index (χ2n) is 4.92. The summed E-state index contributed by atoms with van der Waals surface area (Å²) in [5, 5.41) is 3.35. The molecule has 0 amide bonds. The molecule has 1 aliphatic rings. The van der Waals surface area contributed by atoms with E-state index in [0.717, 1.165) is 30.6 Å². The van der Waals surface area contributed by atoms with E-state index < -0.39 is 12.5 Å². The Labute approximate surface area is 101 Å². The number of benzene rings is 1. The summed E-state index contributed by atoms with van der Waals surface area (Å²) in [5.41, 5.74) is 1.92. The minimum Gasteiger partial charge on any atom is -0.316 e. The van der Waals surface area contributed by atoms with Crippen LogP contribution < -0.4 is 5.32 Å². The van der Waals surface area contributed by atoms with Gasteiger partial charge in [0.1, 0.15) is 12.5 Å². The Morgan fingerprint density at radius 1 is 1.41 bits per heavy atom. The van der Waals surface area contributed by atoms with Crippen LogP contribution in [0.5, 0.6) is 0 Å². The molecule has 1 atom stereocenters. The lowest BCUT2D eigenvalue weighted by Crippen LogP contribution is -2.30. The summed E-state index contributed by atoms with van der Waals surface area (Å²) in [7, 11) is 0. The summed E-state index contributed by atoms with van der Waals surface area (Å²) in [6.45, 7) is 3.15. The van der Waals surface area contributed by atoms with E-state index in [1.165, 1.54) is 18.9 Å². The number of aryl methyl sites for hydroxylation is 1. The van der Waals surface area contributed by atoms with E-state index in [9.17, 15) is 8.78 Å². The van der Waals surface area contributed by atoms with Crippen LogP contribution in [0.25, 0.3) is 0 Å². The average molecular weight is 239 g/mol. The van der Waals surface area contributed by atoms with Gasteiger partial charge in [-0.3, -0.25) is 0 Å². The van der Waals surface area contributed by atoms with Gasteiger partial charge in [-0.15, -0.1) is 0 Å². The van der Waals surface area contributed by atoms with Crippen molar-refractivity contribution < 1.29 is 8.78 Å². The van der Waals surface area contributed by atoms with Crippen molar-refractivity contribution in [2.45, 2.75) is 32.9 Å². The smallest absolute Gasteiger partial charge is 0.129 e. The van der Waals surface area contributed by atoms with Crippen molar-refractivity contribution in [1.82, 2.24) is 5.32 Å². The van der Waals surface area contributed by atoms with E-state index in [-0.39, 0.29) is 5.56 Å². The molecule has 0 radical (unpaired) electrons. The zero-order valence-electron chi connectivity index (χ0n) is 10.2. The number of piperidine rings is 1. The van der Waals surface area contributed by atoms with Crippen molar-refractivity contribution in [3.63, 3.8) is 0 Å². The second kappa shape index (κ2) is 5.58. The second-order valence-corrected chi connectivity index (χ2v) is 4.92. The van der Waals surface area contributed by atoms with E-state index in [1.54, 1.807) is 6.92 Å². The van der Waals surface area contributed by atoms with E-state index in [2.05, 4.69) is 5.32 Å². The van der Waals surface area contributed by atoms with Gasteiger partial charge in [0.05, 0.1) is 0 Å². The maximum absolute atomic E-state index is 13.6. The Morgan fingerprint density at radius 2 is 2.24 bits per heavy atom. The first-order valence-corrected chi connectivity index (χ1v) is 6.25. The van der Waals surface area contributed by atoms with Gasteiger partial charge in [-0.05, 0) is 62.4 Å². The fourth-order valence-corrected chi connectivity index (χ4v) is 2.56. The molecule has 17 heavy (non-hydrogen) atoms. The predicted molar refractivity (Wildman–Crippen MR) is 65.2 cm³/mol. The maximum atomic E-state index is 13.6. The van der Waals surface area contributed by atoms with Crippen molar-refractivity contribution >= 4 is 0 Å². The van der Waals surface area contributed by atoms with E-state index in [1.807, 2.05) is 6.07 Å². The van der Waals surface area contributed by atoms with Crippen LogP contribution in [0.2, 0.25) is 0 Å². The molecule has 0 aromatic heterocycles. The van der Waals surface area contributed by atoms with E-state index in [4.69, 9.17) is 0 Å². The van der Waals surface area contributed by atoms with Gasteiger partial charge in [0.25, 0.3) is 0 Å². The zero-order chi connectivity index (χ0) is 12.3. The van der Waals surface area contributed by atoms with Crippen LogP contribution in [0.15, 0.2) is 12.1 Å². The first kappa shape index (κ1) is 12.5. The number of hydrogen-bond donors (Lipinski definition) is 1. The van der Waals surface area contributed by atoms with Crippen LogP contribution in [0.4, 0.5) is 8.78 Å². The molecule has 3 heteroatoms. The number of rotatable bonds is 3. The van der Waals surface area contributed by atoms with Gasteiger partial charge in [0.15, 0.2) is 0 Å². The molecule has 1 heterocycles. The number of nitrogens with one attached hydrogen (secondary N) is 1. The molecule has 1 fully saturated rings. The largest absolute Gasteiger partial charge is 0.316 e. The molecule has 0 bridgehead atoms. The van der Waals surface area contributed by atoms with Gasteiger partial charge >= 0.3 is 0 Å². The molecule has 0 spiro atoms. The van der Waals surface area contributed by atoms with E-state index >= 15 is 0 Å². The Kier molecular flexibility index (Phi) is 4.11. The summed E-state index contributed by atoms with van der Waals surface area (Å²) in [6, 6.07) is 3.42. The highest BCUT2D eigenvalue weighted by molar-refractivity contribution is 5.32. The van der Waals surface area contributed by atoms with Crippen LogP contribution in [0, 0.1) is 18.7 Å². The SMILES string of the molecule is Cc1cc(CC2CCCNC2)cc(F)c1CF. The molecule has 1 unspecified atom stereocenters. The third-order valence-corrected chi connectivity index (χ3v) is 3.54. The van der Waals surface area contributed by atoms with Gasteiger partial charge in [0.2, 0.25) is 0 Å². The average Bonchev–Trinajstić information content (AvgIpc) is 2.30. The van der Waals surface area contributed by atoms with Crippen LogP contribution in [0.3, 0.4) is 0 Å². The molecule has 0 aliphatic carbocycles. The molecule has 2 rings (SSSR count). The summed E-state index contributed by atoms with van der Waals surface area (Å²) < 4.78 is 26.2. The molecule has 1 saturated heterocycles. The highest BCUT2D eigenvalue weighted by Gasteiger charge is 2.15. The first-order chi connectivity index (χ1) is 8.20. The minimum absolute atomic E-state index is 0.204. The summed E-state index contributed by atoms with van der Waals surface area (Å²) in [4.78, 5) is 0. The molecule has 1 nitrogen and oxygen atoms in total. The minimum atomic E-state index is -0.719. The number of hydrogen-bond acceptors (Lipinski definition) is 1. The van der Waals surface area contributed by atoms with Crippen molar-refractivity contribution in [3.8, 4) is 0 Å². The highest BCUT2D eigenvalue weighted by atomic mass is 19.1. The third-order valence-electron chi connectivity index (χ3n) is 3.54. The lowest BCUT2D eigenvalue weighted by Gasteiger charge is -2.23. The maximum Gasteiger partial charge on any atom is 0.129 e. The van der Waals surface area contributed by atoms with Crippen LogP contribution in [-0.2, 0) is 13.1 Å². The monoisotopic (exact) mass is 239 g/mol. The Morgan fingerprint density at radius 3 is 2.82 bits per heavy atom. The predicted octanol–water partition coefficient (Wildman–Crippen LogP) is 3.15. The van der Waals surface area contributed by atoms with Crippen molar-refractivity contribution in [2.75, 3.05) is 13.1 Å². The quantitative estimate of drug-likeness (QED) is 0.854. The molecule has 1 N–H and O–H groups in total. The van der Waals surface area contributed by atoms with Gasteiger partial charge in [0, 0.05) is 5.56 Å². The molecule has 94 valence electrons. The Bertz CT molecular complexity index is 361. The van der Waals surface area contributed by atoms with Crippen LogP contribution in [-0.4, -0.2) is 13.1 Å². The van der Waals surface area contributed by atoms with Crippen molar-refractivity contribution in [1.29, 1.82) is 0 Å². The normalized spacial score (nSPS) is 20.5. The fraction of sp³-hybridized carbons (Fsp3) is 0.571.